The molecule has 2 bridgehead atoms. The first-order chi connectivity index (χ1) is 17.2. The summed E-state index contributed by atoms with van der Waals surface area (Å²) in [5.74, 6) is 0.508. The van der Waals surface area contributed by atoms with Crippen molar-refractivity contribution < 1.29 is 19.1 Å². The predicted molar refractivity (Wildman–Crippen MR) is 143 cm³/mol. The second-order valence-corrected chi connectivity index (χ2v) is 11.9. The minimum atomic E-state index is -0.537. The van der Waals surface area contributed by atoms with E-state index in [2.05, 4.69) is 41.3 Å². The maximum Gasteiger partial charge on any atom is 0.410 e. The second kappa shape index (κ2) is 11.4. The molecule has 1 amide bonds. The molecule has 1 aromatic carbocycles. The number of hydrogen-bond donors (Lipinski definition) is 0. The maximum absolute atomic E-state index is 13.8. The standard InChI is InChI=1S/C30H44N2O4/c1-29(2,3)36-28(34)31(4)18-9-6-11-23-12-10-13-25(21-23)30(16-7-5-8-17-30)27(33)35-26-22-32-19-14-24(26)15-20-32/h6,10-13,21,24,26H,5,7-9,14-20,22H2,1-4H3/b11-6+/t26-/m0/s1. The molecule has 5 rings (SSSR count). The van der Waals surface area contributed by atoms with Gasteiger partial charge in [0.2, 0.25) is 0 Å². The van der Waals surface area contributed by atoms with Crippen molar-refractivity contribution in [2.24, 2.45) is 5.92 Å². The fourth-order valence-corrected chi connectivity index (χ4v) is 5.92. The number of benzene rings is 1. The van der Waals surface area contributed by atoms with Crippen molar-refractivity contribution in [2.45, 2.75) is 89.3 Å². The first kappa shape index (κ1) is 26.7. The lowest BCUT2D eigenvalue weighted by Gasteiger charge is -2.45. The molecule has 3 aliphatic heterocycles. The molecular weight excluding hydrogens is 452 g/mol. The Morgan fingerprint density at radius 2 is 1.86 bits per heavy atom. The van der Waals surface area contributed by atoms with E-state index in [1.54, 1.807) is 11.9 Å². The van der Waals surface area contributed by atoms with Crippen molar-refractivity contribution >= 4 is 18.1 Å². The minimum absolute atomic E-state index is 0.0129. The van der Waals surface area contributed by atoms with Crippen LogP contribution in [0, 0.1) is 5.92 Å². The Bertz CT molecular complexity index is 937. The van der Waals surface area contributed by atoms with Crippen LogP contribution in [0.5, 0.6) is 0 Å². The van der Waals surface area contributed by atoms with Gasteiger partial charge in [-0.25, -0.2) is 4.79 Å². The largest absolute Gasteiger partial charge is 0.460 e. The summed E-state index contributed by atoms with van der Waals surface area (Å²) < 4.78 is 11.7. The van der Waals surface area contributed by atoms with E-state index in [4.69, 9.17) is 9.47 Å². The zero-order chi connectivity index (χ0) is 25.8. The Balaban J connectivity index is 1.41. The monoisotopic (exact) mass is 496 g/mol. The fourth-order valence-electron chi connectivity index (χ4n) is 5.92. The molecule has 0 N–H and O–H groups in total. The molecule has 6 heteroatoms. The number of carbonyl (C=O) groups is 2. The number of carbonyl (C=O) groups excluding carboxylic acids is 2. The average molecular weight is 497 g/mol. The highest BCUT2D eigenvalue weighted by Gasteiger charge is 2.45. The summed E-state index contributed by atoms with van der Waals surface area (Å²) in [5, 5.41) is 0. The smallest absolute Gasteiger partial charge is 0.410 e. The Hall–Kier alpha value is -2.34. The number of esters is 1. The van der Waals surface area contributed by atoms with Gasteiger partial charge in [-0.2, -0.15) is 0 Å². The van der Waals surface area contributed by atoms with Gasteiger partial charge >= 0.3 is 12.1 Å². The van der Waals surface area contributed by atoms with E-state index in [1.807, 2.05) is 20.8 Å². The van der Waals surface area contributed by atoms with E-state index >= 15 is 0 Å². The number of hydrogen-bond acceptors (Lipinski definition) is 5. The molecule has 6 nitrogen and oxygen atoms in total. The molecule has 1 aliphatic carbocycles. The number of ether oxygens (including phenoxy) is 2. The number of amides is 1. The molecular formula is C30H44N2O4. The Morgan fingerprint density at radius 3 is 2.50 bits per heavy atom. The summed E-state index contributed by atoms with van der Waals surface area (Å²) in [6.07, 6.45) is 12.0. The summed E-state index contributed by atoms with van der Waals surface area (Å²) in [6, 6.07) is 8.40. The van der Waals surface area contributed by atoms with Crippen LogP contribution in [0.2, 0.25) is 0 Å². The van der Waals surface area contributed by atoms with Crippen LogP contribution in [0.4, 0.5) is 4.79 Å². The third-order valence-corrected chi connectivity index (χ3v) is 8.04. The van der Waals surface area contributed by atoms with E-state index in [1.165, 1.54) is 6.42 Å². The molecule has 0 unspecified atom stereocenters. The van der Waals surface area contributed by atoms with Gasteiger partial charge in [-0.1, -0.05) is 55.7 Å². The number of fused-ring (bicyclic) bond motifs is 3. The van der Waals surface area contributed by atoms with E-state index in [-0.39, 0.29) is 18.2 Å². The summed E-state index contributed by atoms with van der Waals surface area (Å²) in [4.78, 5) is 30.0. The SMILES string of the molecule is CN(CC/C=C/c1cccc(C2(C(=O)O[C@H]3CN4CCC3CC4)CCCCC2)c1)C(=O)OC(C)(C)C. The molecule has 1 atom stereocenters. The lowest BCUT2D eigenvalue weighted by atomic mass is 9.69. The predicted octanol–water partition coefficient (Wildman–Crippen LogP) is 5.80. The van der Waals surface area contributed by atoms with Gasteiger partial charge in [0.15, 0.2) is 0 Å². The van der Waals surface area contributed by atoms with Crippen molar-refractivity contribution in [1.29, 1.82) is 0 Å². The van der Waals surface area contributed by atoms with E-state index in [0.29, 0.717) is 12.5 Å². The van der Waals surface area contributed by atoms with Crippen LogP contribution < -0.4 is 0 Å². The van der Waals surface area contributed by atoms with E-state index < -0.39 is 11.0 Å². The summed E-state index contributed by atoms with van der Waals surface area (Å²) in [7, 11) is 1.76. The third kappa shape index (κ3) is 6.50. The van der Waals surface area contributed by atoms with Gasteiger partial charge in [-0.3, -0.25) is 9.69 Å². The molecule has 4 fully saturated rings. The van der Waals surface area contributed by atoms with Crippen molar-refractivity contribution in [2.75, 3.05) is 33.2 Å². The Morgan fingerprint density at radius 1 is 1.14 bits per heavy atom. The van der Waals surface area contributed by atoms with Crippen LogP contribution in [0.3, 0.4) is 0 Å². The Kier molecular flexibility index (Phi) is 8.44. The molecule has 198 valence electrons. The summed E-state index contributed by atoms with van der Waals surface area (Å²) >= 11 is 0. The molecule has 3 saturated heterocycles. The quantitative estimate of drug-likeness (QED) is 0.447. The highest BCUT2D eigenvalue weighted by atomic mass is 16.6. The molecule has 0 radical (unpaired) electrons. The van der Waals surface area contributed by atoms with Crippen LogP contribution in [-0.2, 0) is 19.7 Å². The minimum Gasteiger partial charge on any atom is -0.460 e. The maximum atomic E-state index is 13.8. The van der Waals surface area contributed by atoms with Gasteiger partial charge in [-0.15, -0.1) is 0 Å². The van der Waals surface area contributed by atoms with Gasteiger partial charge in [0.05, 0.1) is 5.41 Å². The third-order valence-electron chi connectivity index (χ3n) is 8.04. The van der Waals surface area contributed by atoms with Gasteiger partial charge < -0.3 is 14.4 Å². The molecule has 4 aliphatic rings. The fraction of sp³-hybridized carbons (Fsp3) is 0.667. The van der Waals surface area contributed by atoms with Crippen molar-refractivity contribution in [3.8, 4) is 0 Å². The van der Waals surface area contributed by atoms with Crippen molar-refractivity contribution in [3.05, 3.63) is 41.5 Å². The van der Waals surface area contributed by atoms with Crippen LogP contribution in [0.1, 0.15) is 83.3 Å². The van der Waals surface area contributed by atoms with Crippen LogP contribution >= 0.6 is 0 Å². The number of nitrogens with zero attached hydrogens (tertiary/aromatic N) is 2. The Labute approximate surface area is 217 Å². The molecule has 3 heterocycles. The first-order valence-electron chi connectivity index (χ1n) is 13.8. The van der Waals surface area contributed by atoms with Gasteiger partial charge in [0.1, 0.15) is 11.7 Å². The average Bonchev–Trinajstić information content (AvgIpc) is 2.87. The van der Waals surface area contributed by atoms with Crippen LogP contribution in [-0.4, -0.2) is 66.8 Å². The van der Waals surface area contributed by atoms with Crippen molar-refractivity contribution in [1.82, 2.24) is 9.80 Å². The first-order valence-corrected chi connectivity index (χ1v) is 13.8. The van der Waals surface area contributed by atoms with Crippen LogP contribution in [0.25, 0.3) is 6.08 Å². The van der Waals surface area contributed by atoms with Gasteiger partial charge in [-0.05, 0) is 83.0 Å². The summed E-state index contributed by atoms with van der Waals surface area (Å²) in [5.41, 5.74) is 1.13. The molecule has 36 heavy (non-hydrogen) atoms. The topological polar surface area (TPSA) is 59.1 Å². The molecule has 1 aromatic rings. The normalized spacial score (nSPS) is 25.5. The lowest BCUT2D eigenvalue weighted by Crippen LogP contribution is -2.53. The van der Waals surface area contributed by atoms with Gasteiger partial charge in [0, 0.05) is 20.1 Å². The molecule has 0 spiro atoms. The molecule has 1 saturated carbocycles. The van der Waals surface area contributed by atoms with Gasteiger partial charge in [0.25, 0.3) is 0 Å². The zero-order valence-corrected chi connectivity index (χ0v) is 22.6. The number of rotatable bonds is 7. The summed E-state index contributed by atoms with van der Waals surface area (Å²) in [6.45, 7) is 9.39. The zero-order valence-electron chi connectivity index (χ0n) is 22.6. The molecule has 0 aromatic heterocycles. The number of piperidine rings is 3. The van der Waals surface area contributed by atoms with Crippen molar-refractivity contribution in [3.63, 3.8) is 0 Å². The lowest BCUT2D eigenvalue weighted by molar-refractivity contribution is -0.167. The second-order valence-electron chi connectivity index (χ2n) is 11.9. The van der Waals surface area contributed by atoms with E-state index in [0.717, 1.165) is 75.7 Å². The van der Waals surface area contributed by atoms with E-state index in [9.17, 15) is 9.59 Å². The highest BCUT2D eigenvalue weighted by molar-refractivity contribution is 5.84. The highest BCUT2D eigenvalue weighted by Crippen LogP contribution is 2.42. The van der Waals surface area contributed by atoms with Crippen LogP contribution in [0.15, 0.2) is 30.3 Å².